The summed E-state index contributed by atoms with van der Waals surface area (Å²) in [5, 5.41) is 8.41. The van der Waals surface area contributed by atoms with Crippen LogP contribution in [0.2, 0.25) is 0 Å². The summed E-state index contributed by atoms with van der Waals surface area (Å²) < 4.78 is 2.04. The monoisotopic (exact) mass is 244 g/mol. The number of para-hydroxylation sites is 1. The molecule has 1 heterocycles. The predicted octanol–water partition coefficient (Wildman–Crippen LogP) is 2.62. The minimum Gasteiger partial charge on any atom is -0.321 e. The van der Waals surface area contributed by atoms with Gasteiger partial charge in [-0.15, -0.1) is 10.2 Å². The van der Waals surface area contributed by atoms with Gasteiger partial charge >= 0.3 is 0 Å². The first-order chi connectivity index (χ1) is 8.65. The molecule has 1 aromatic carbocycles. The zero-order valence-corrected chi connectivity index (χ0v) is 11.2. The lowest BCUT2D eigenvalue weighted by atomic mass is 9.99. The molecule has 2 aromatic rings. The molecule has 0 fully saturated rings. The first kappa shape index (κ1) is 12.8. The van der Waals surface area contributed by atoms with E-state index in [4.69, 9.17) is 5.73 Å². The first-order valence-corrected chi connectivity index (χ1v) is 6.38. The number of aryl methyl sites for hydroxylation is 1. The average Bonchev–Trinajstić information content (AvgIpc) is 2.79. The smallest absolute Gasteiger partial charge is 0.154 e. The maximum Gasteiger partial charge on any atom is 0.154 e. The Balaban J connectivity index is 2.45. The fourth-order valence-corrected chi connectivity index (χ4v) is 2.00. The molecule has 4 nitrogen and oxygen atoms in total. The fraction of sp³-hybridized carbons (Fsp3) is 0.429. The number of rotatable bonds is 4. The number of aromatic nitrogens is 3. The van der Waals surface area contributed by atoms with E-state index < -0.39 is 0 Å². The Bertz CT molecular complexity index is 504. The Morgan fingerprint density at radius 1 is 1.22 bits per heavy atom. The predicted molar refractivity (Wildman–Crippen MR) is 72.5 cm³/mol. The van der Waals surface area contributed by atoms with E-state index in [9.17, 15) is 0 Å². The fourth-order valence-electron chi connectivity index (χ4n) is 2.00. The molecule has 0 amide bonds. The lowest BCUT2D eigenvalue weighted by molar-refractivity contribution is 0.433. The van der Waals surface area contributed by atoms with Crippen LogP contribution in [0.5, 0.6) is 0 Å². The molecule has 96 valence electrons. The third-order valence-electron chi connectivity index (χ3n) is 3.42. The lowest BCUT2D eigenvalue weighted by Crippen LogP contribution is -2.22. The van der Waals surface area contributed by atoms with Crippen molar-refractivity contribution in [3.63, 3.8) is 0 Å². The van der Waals surface area contributed by atoms with E-state index in [2.05, 4.69) is 24.0 Å². The van der Waals surface area contributed by atoms with Gasteiger partial charge in [0.05, 0.1) is 6.04 Å². The molecule has 2 atom stereocenters. The van der Waals surface area contributed by atoms with Crippen molar-refractivity contribution >= 4 is 0 Å². The molecule has 1 aromatic heterocycles. The Morgan fingerprint density at radius 2 is 1.89 bits per heavy atom. The Morgan fingerprint density at radius 3 is 2.50 bits per heavy atom. The van der Waals surface area contributed by atoms with Gasteiger partial charge in [-0.1, -0.05) is 38.5 Å². The number of nitrogens with zero attached hydrogens (tertiary/aromatic N) is 3. The van der Waals surface area contributed by atoms with Crippen LogP contribution in [-0.4, -0.2) is 14.8 Å². The van der Waals surface area contributed by atoms with Gasteiger partial charge in [0, 0.05) is 5.69 Å². The summed E-state index contributed by atoms with van der Waals surface area (Å²) in [4.78, 5) is 0. The van der Waals surface area contributed by atoms with Crippen LogP contribution in [0.1, 0.15) is 38.0 Å². The molecule has 2 N–H and O–H groups in total. The maximum absolute atomic E-state index is 6.28. The second-order valence-electron chi connectivity index (χ2n) is 4.69. The van der Waals surface area contributed by atoms with Crippen molar-refractivity contribution in [1.29, 1.82) is 0 Å². The van der Waals surface area contributed by atoms with Gasteiger partial charge < -0.3 is 5.73 Å². The number of nitrogens with two attached hydrogens (primary N) is 1. The highest BCUT2D eigenvalue weighted by Gasteiger charge is 2.21. The van der Waals surface area contributed by atoms with Crippen LogP contribution in [0.3, 0.4) is 0 Å². The lowest BCUT2D eigenvalue weighted by Gasteiger charge is -2.19. The van der Waals surface area contributed by atoms with E-state index in [0.29, 0.717) is 5.92 Å². The summed E-state index contributed by atoms with van der Waals surface area (Å²) in [6.45, 7) is 6.23. The van der Waals surface area contributed by atoms with Gasteiger partial charge in [0.1, 0.15) is 5.82 Å². The van der Waals surface area contributed by atoms with Crippen molar-refractivity contribution in [3.8, 4) is 5.69 Å². The molecule has 0 saturated carbocycles. The standard InChI is InChI=1S/C14H20N4/c1-4-10(2)13(15)14-17-16-11(3)18(14)12-8-6-5-7-9-12/h5-10,13H,4,15H2,1-3H3. The van der Waals surface area contributed by atoms with E-state index in [0.717, 1.165) is 23.8 Å². The highest BCUT2D eigenvalue weighted by molar-refractivity contribution is 5.34. The van der Waals surface area contributed by atoms with Crippen molar-refractivity contribution in [1.82, 2.24) is 14.8 Å². The molecule has 0 saturated heterocycles. The Labute approximate surface area is 108 Å². The molecule has 4 heteroatoms. The highest BCUT2D eigenvalue weighted by atomic mass is 15.3. The molecule has 0 radical (unpaired) electrons. The minimum atomic E-state index is -0.0867. The van der Waals surface area contributed by atoms with Gasteiger partial charge in [-0.3, -0.25) is 4.57 Å². The zero-order chi connectivity index (χ0) is 13.1. The van der Waals surface area contributed by atoms with Gasteiger partial charge in [-0.05, 0) is 25.0 Å². The maximum atomic E-state index is 6.28. The first-order valence-electron chi connectivity index (χ1n) is 6.38. The largest absolute Gasteiger partial charge is 0.321 e. The molecule has 2 unspecified atom stereocenters. The normalized spacial score (nSPS) is 14.4. The van der Waals surface area contributed by atoms with Crippen LogP contribution in [0.4, 0.5) is 0 Å². The van der Waals surface area contributed by atoms with Crippen LogP contribution >= 0.6 is 0 Å². The molecule has 0 aliphatic rings. The minimum absolute atomic E-state index is 0.0867. The van der Waals surface area contributed by atoms with E-state index >= 15 is 0 Å². The molecule has 0 bridgehead atoms. The summed E-state index contributed by atoms with van der Waals surface area (Å²) >= 11 is 0. The highest BCUT2D eigenvalue weighted by Crippen LogP contribution is 2.23. The van der Waals surface area contributed by atoms with E-state index in [1.807, 2.05) is 41.8 Å². The quantitative estimate of drug-likeness (QED) is 0.899. The summed E-state index contributed by atoms with van der Waals surface area (Å²) in [5.74, 6) is 2.10. The third-order valence-corrected chi connectivity index (χ3v) is 3.42. The summed E-state index contributed by atoms with van der Waals surface area (Å²) in [6.07, 6.45) is 1.03. The molecule has 2 rings (SSSR count). The topological polar surface area (TPSA) is 56.7 Å². The zero-order valence-electron chi connectivity index (χ0n) is 11.2. The molecule has 18 heavy (non-hydrogen) atoms. The number of benzene rings is 1. The SMILES string of the molecule is CCC(C)C(N)c1nnc(C)n1-c1ccccc1. The van der Waals surface area contributed by atoms with Crippen LogP contribution in [0.15, 0.2) is 30.3 Å². The van der Waals surface area contributed by atoms with Gasteiger partial charge in [0.15, 0.2) is 5.82 Å². The Hall–Kier alpha value is -1.68. The second kappa shape index (κ2) is 5.31. The number of hydrogen-bond donors (Lipinski definition) is 1. The van der Waals surface area contributed by atoms with Gasteiger partial charge in [-0.2, -0.15) is 0 Å². The van der Waals surface area contributed by atoms with Gasteiger partial charge in [-0.25, -0.2) is 0 Å². The summed E-state index contributed by atoms with van der Waals surface area (Å²) in [5.41, 5.74) is 7.34. The van der Waals surface area contributed by atoms with Crippen molar-refractivity contribution < 1.29 is 0 Å². The molecular formula is C14H20N4. The van der Waals surface area contributed by atoms with Gasteiger partial charge in [0.25, 0.3) is 0 Å². The molecule has 0 aliphatic heterocycles. The Kier molecular flexibility index (Phi) is 3.77. The van der Waals surface area contributed by atoms with Crippen molar-refractivity contribution in [2.45, 2.75) is 33.2 Å². The number of hydrogen-bond acceptors (Lipinski definition) is 3. The molecular weight excluding hydrogens is 224 g/mol. The van der Waals surface area contributed by atoms with Crippen molar-refractivity contribution in [3.05, 3.63) is 42.0 Å². The summed E-state index contributed by atoms with van der Waals surface area (Å²) in [6, 6.07) is 10.0. The van der Waals surface area contributed by atoms with Crippen LogP contribution in [0, 0.1) is 12.8 Å². The van der Waals surface area contributed by atoms with Gasteiger partial charge in [0.2, 0.25) is 0 Å². The van der Waals surface area contributed by atoms with Crippen molar-refractivity contribution in [2.24, 2.45) is 11.7 Å². The summed E-state index contributed by atoms with van der Waals surface area (Å²) in [7, 11) is 0. The van der Waals surface area contributed by atoms with E-state index in [1.54, 1.807) is 0 Å². The van der Waals surface area contributed by atoms with E-state index in [1.165, 1.54) is 0 Å². The molecule has 0 aliphatic carbocycles. The van der Waals surface area contributed by atoms with E-state index in [-0.39, 0.29) is 6.04 Å². The van der Waals surface area contributed by atoms with Crippen LogP contribution in [0.25, 0.3) is 5.69 Å². The second-order valence-corrected chi connectivity index (χ2v) is 4.69. The van der Waals surface area contributed by atoms with Crippen LogP contribution < -0.4 is 5.73 Å². The molecule has 0 spiro atoms. The average molecular weight is 244 g/mol. The van der Waals surface area contributed by atoms with Crippen molar-refractivity contribution in [2.75, 3.05) is 0 Å². The van der Waals surface area contributed by atoms with Crippen LogP contribution in [-0.2, 0) is 0 Å². The third kappa shape index (κ3) is 2.29.